The second-order valence-electron chi connectivity index (χ2n) is 12.8. The first-order chi connectivity index (χ1) is 25.2. The van der Waals surface area contributed by atoms with Crippen LogP contribution in [0.1, 0.15) is 5.69 Å². The molecule has 0 spiro atoms. The van der Waals surface area contributed by atoms with Crippen molar-refractivity contribution in [1.29, 1.82) is 0 Å². The van der Waals surface area contributed by atoms with Crippen molar-refractivity contribution in [2.24, 2.45) is 0 Å². The van der Waals surface area contributed by atoms with Gasteiger partial charge in [0.25, 0.3) is 0 Å². The second-order valence-corrected chi connectivity index (χ2v) is 12.8. The van der Waals surface area contributed by atoms with Gasteiger partial charge in [0.05, 0.1) is 28.1 Å². The summed E-state index contributed by atoms with van der Waals surface area (Å²) in [6.45, 7) is 2.06. The molecule has 9 rings (SSSR count). The van der Waals surface area contributed by atoms with Crippen molar-refractivity contribution in [1.82, 2.24) is 19.9 Å². The predicted molar refractivity (Wildman–Crippen MR) is 210 cm³/mol. The van der Waals surface area contributed by atoms with Gasteiger partial charge in [0.2, 0.25) is 0 Å². The second kappa shape index (κ2) is 12.9. The minimum absolute atomic E-state index is 0.700. The van der Waals surface area contributed by atoms with Crippen LogP contribution in [0.25, 0.3) is 89.2 Å². The normalized spacial score (nSPS) is 11.2. The van der Waals surface area contributed by atoms with E-state index in [1.165, 1.54) is 0 Å². The predicted octanol–water partition coefficient (Wildman–Crippen LogP) is 11.9. The van der Waals surface area contributed by atoms with E-state index in [0.717, 1.165) is 89.1 Å². The molecule has 3 heterocycles. The molecular weight excluding hydrogens is 621 g/mol. The van der Waals surface area contributed by atoms with Gasteiger partial charge >= 0.3 is 0 Å². The topological polar surface area (TPSA) is 51.6 Å². The third kappa shape index (κ3) is 5.94. The van der Waals surface area contributed by atoms with Crippen LogP contribution < -0.4 is 0 Å². The molecule has 4 heteroatoms. The molecule has 0 bridgehead atoms. The Labute approximate surface area is 296 Å². The molecule has 51 heavy (non-hydrogen) atoms. The molecule has 0 saturated heterocycles. The van der Waals surface area contributed by atoms with Crippen LogP contribution in [0.2, 0.25) is 0 Å². The summed E-state index contributed by atoms with van der Waals surface area (Å²) in [5.41, 5.74) is 14.3. The lowest BCUT2D eigenvalue weighted by atomic mass is 9.95. The number of fused-ring (bicyclic) bond motifs is 3. The van der Waals surface area contributed by atoms with Crippen molar-refractivity contribution in [3.05, 3.63) is 182 Å². The summed E-state index contributed by atoms with van der Waals surface area (Å²) in [7, 11) is 0. The van der Waals surface area contributed by atoms with Crippen molar-refractivity contribution < 1.29 is 0 Å². The van der Waals surface area contributed by atoms with Crippen molar-refractivity contribution in [3.8, 4) is 67.4 Å². The van der Waals surface area contributed by atoms with Gasteiger partial charge in [0, 0.05) is 38.7 Å². The van der Waals surface area contributed by atoms with Crippen molar-refractivity contribution in [3.63, 3.8) is 0 Å². The van der Waals surface area contributed by atoms with E-state index in [9.17, 15) is 0 Å². The van der Waals surface area contributed by atoms with E-state index < -0.39 is 0 Å². The molecule has 0 aliphatic rings. The smallest absolute Gasteiger partial charge is 0.160 e. The summed E-state index contributed by atoms with van der Waals surface area (Å²) in [5.74, 6) is 0.700. The van der Waals surface area contributed by atoms with Gasteiger partial charge in [0.15, 0.2) is 5.82 Å². The van der Waals surface area contributed by atoms with Crippen LogP contribution in [-0.2, 0) is 0 Å². The summed E-state index contributed by atoms with van der Waals surface area (Å²) in [6, 6.07) is 61.0. The molecule has 0 saturated carbocycles. The highest BCUT2D eigenvalue weighted by Gasteiger charge is 2.14. The van der Waals surface area contributed by atoms with E-state index in [-0.39, 0.29) is 0 Å². The molecule has 9 aromatic rings. The molecule has 4 nitrogen and oxygen atoms in total. The lowest BCUT2D eigenvalue weighted by Gasteiger charge is -2.13. The molecular formula is C47H32N4. The van der Waals surface area contributed by atoms with Crippen molar-refractivity contribution in [2.45, 2.75) is 6.92 Å². The fourth-order valence-corrected chi connectivity index (χ4v) is 6.78. The van der Waals surface area contributed by atoms with Gasteiger partial charge in [-0.05, 0) is 53.4 Å². The Balaban J connectivity index is 1.09. The Bertz CT molecular complexity index is 2610. The molecule has 0 unspecified atom stereocenters. The first kappa shape index (κ1) is 30.3. The number of pyridine rings is 2. The lowest BCUT2D eigenvalue weighted by molar-refractivity contribution is 1.18. The van der Waals surface area contributed by atoms with Crippen molar-refractivity contribution in [2.75, 3.05) is 0 Å². The fraction of sp³-hybridized carbons (Fsp3) is 0.0213. The maximum absolute atomic E-state index is 5.12. The van der Waals surface area contributed by atoms with Crippen LogP contribution >= 0.6 is 0 Å². The quantitative estimate of drug-likeness (QED) is 0.168. The van der Waals surface area contributed by atoms with Gasteiger partial charge < -0.3 is 0 Å². The molecule has 6 aromatic carbocycles. The van der Waals surface area contributed by atoms with Crippen LogP contribution in [0.15, 0.2) is 176 Å². The zero-order valence-corrected chi connectivity index (χ0v) is 28.0. The summed E-state index contributed by atoms with van der Waals surface area (Å²) in [5, 5.41) is 2.16. The maximum atomic E-state index is 5.12. The van der Waals surface area contributed by atoms with Crippen LogP contribution in [0.3, 0.4) is 0 Å². The van der Waals surface area contributed by atoms with E-state index in [1.54, 1.807) is 0 Å². The van der Waals surface area contributed by atoms with Gasteiger partial charge in [-0.3, -0.25) is 4.98 Å². The highest BCUT2D eigenvalue weighted by atomic mass is 14.9. The molecule has 240 valence electrons. The van der Waals surface area contributed by atoms with Crippen LogP contribution in [0.5, 0.6) is 0 Å². The van der Waals surface area contributed by atoms with E-state index in [2.05, 4.69) is 128 Å². The van der Waals surface area contributed by atoms with E-state index in [4.69, 9.17) is 19.9 Å². The summed E-state index contributed by atoms with van der Waals surface area (Å²) in [6.07, 6.45) is 0. The fourth-order valence-electron chi connectivity index (χ4n) is 6.78. The number of benzene rings is 6. The number of rotatable bonds is 6. The first-order valence-electron chi connectivity index (χ1n) is 17.1. The van der Waals surface area contributed by atoms with E-state index in [1.807, 2.05) is 54.6 Å². The molecule has 0 fully saturated rings. The molecule has 3 aromatic heterocycles. The number of aryl methyl sites for hydroxylation is 1. The van der Waals surface area contributed by atoms with E-state index >= 15 is 0 Å². The van der Waals surface area contributed by atoms with Crippen LogP contribution in [-0.4, -0.2) is 19.9 Å². The monoisotopic (exact) mass is 652 g/mol. The average molecular weight is 653 g/mol. The number of hydrogen-bond donors (Lipinski definition) is 0. The SMILES string of the molecule is Cc1cc(-c2cccc(-c3ccc(-c4nc(-c5ccccc5)cc(-c5ccccc5)n4)cc3)c2)c2ccc3ccc(-c4ccccc4)nc3c2n1. The minimum Gasteiger partial charge on any atom is -0.251 e. The minimum atomic E-state index is 0.700. The standard InChI is InChI=1S/C47H32N4/c1-31-28-41(40-26-24-36-25-27-42(33-12-5-2-6-13-33)49-45(36)46(40)48-31)39-19-11-18-38(29-39)32-20-22-37(23-21-32)47-50-43(34-14-7-3-8-15-34)30-44(51-47)35-16-9-4-10-17-35/h2-30H,1H3. The Morgan fingerprint density at radius 3 is 1.53 bits per heavy atom. The molecule has 0 amide bonds. The number of aromatic nitrogens is 4. The summed E-state index contributed by atoms with van der Waals surface area (Å²) >= 11 is 0. The van der Waals surface area contributed by atoms with Crippen molar-refractivity contribution >= 4 is 21.8 Å². The third-order valence-electron chi connectivity index (χ3n) is 9.35. The Morgan fingerprint density at radius 2 is 0.882 bits per heavy atom. The highest BCUT2D eigenvalue weighted by Crippen LogP contribution is 2.36. The van der Waals surface area contributed by atoms with Gasteiger partial charge in [-0.1, -0.05) is 152 Å². The van der Waals surface area contributed by atoms with Gasteiger partial charge in [0.1, 0.15) is 0 Å². The Kier molecular flexibility index (Phi) is 7.67. The molecule has 0 aliphatic heterocycles. The third-order valence-corrected chi connectivity index (χ3v) is 9.35. The number of nitrogens with zero attached hydrogens (tertiary/aromatic N) is 4. The Hall–Kier alpha value is -6.78. The van der Waals surface area contributed by atoms with E-state index in [0.29, 0.717) is 5.82 Å². The van der Waals surface area contributed by atoms with Crippen LogP contribution in [0.4, 0.5) is 0 Å². The molecule has 0 atom stereocenters. The Morgan fingerprint density at radius 1 is 0.333 bits per heavy atom. The van der Waals surface area contributed by atoms with Crippen LogP contribution in [0, 0.1) is 6.92 Å². The zero-order chi connectivity index (χ0) is 34.1. The average Bonchev–Trinajstić information content (AvgIpc) is 3.21. The summed E-state index contributed by atoms with van der Waals surface area (Å²) in [4.78, 5) is 20.2. The van der Waals surface area contributed by atoms with Gasteiger partial charge in [-0.15, -0.1) is 0 Å². The lowest BCUT2D eigenvalue weighted by Crippen LogP contribution is -1.96. The molecule has 0 N–H and O–H groups in total. The molecule has 0 aliphatic carbocycles. The number of hydrogen-bond acceptors (Lipinski definition) is 4. The molecule has 0 radical (unpaired) electrons. The zero-order valence-electron chi connectivity index (χ0n) is 28.0. The van der Waals surface area contributed by atoms with Gasteiger partial charge in [-0.2, -0.15) is 0 Å². The maximum Gasteiger partial charge on any atom is 0.160 e. The van der Waals surface area contributed by atoms with Gasteiger partial charge in [-0.25, -0.2) is 15.0 Å². The largest absolute Gasteiger partial charge is 0.251 e. The highest BCUT2D eigenvalue weighted by molar-refractivity contribution is 6.09. The summed E-state index contributed by atoms with van der Waals surface area (Å²) < 4.78 is 0. The first-order valence-corrected chi connectivity index (χ1v) is 17.1.